The van der Waals surface area contributed by atoms with Crippen LogP contribution in [0.4, 0.5) is 4.39 Å². The lowest BCUT2D eigenvalue weighted by atomic mass is 10.1. The molecule has 22 heavy (non-hydrogen) atoms. The van der Waals surface area contributed by atoms with Crippen LogP contribution in [0.1, 0.15) is 0 Å². The van der Waals surface area contributed by atoms with Crippen LogP contribution in [0.5, 0.6) is 0 Å². The minimum atomic E-state index is -0.368. The molecule has 2 heterocycles. The first-order chi connectivity index (χ1) is 10.7. The highest BCUT2D eigenvalue weighted by Crippen LogP contribution is 2.16. The van der Waals surface area contributed by atoms with E-state index in [1.807, 2.05) is 0 Å². The van der Waals surface area contributed by atoms with Crippen molar-refractivity contribution in [2.45, 2.75) is 6.54 Å². The van der Waals surface area contributed by atoms with E-state index in [1.54, 1.807) is 7.11 Å². The third kappa shape index (κ3) is 2.58. The van der Waals surface area contributed by atoms with Gasteiger partial charge in [0.05, 0.1) is 19.3 Å². The summed E-state index contributed by atoms with van der Waals surface area (Å²) in [5.41, 5.74) is 1.43. The smallest absolute Gasteiger partial charge is 0.278 e. The molecule has 0 aliphatic carbocycles. The summed E-state index contributed by atoms with van der Waals surface area (Å²) in [5.74, 6) is -0.368. The Morgan fingerprint density at radius 1 is 1.27 bits per heavy atom. The molecular weight excluding hydrogens is 287 g/mol. The Hall–Kier alpha value is -2.67. The molecule has 3 aromatic rings. The Kier molecular flexibility index (Phi) is 3.88. The fourth-order valence-corrected chi connectivity index (χ4v) is 2.18. The van der Waals surface area contributed by atoms with Gasteiger partial charge in [-0.3, -0.25) is 9.36 Å². The highest BCUT2D eigenvalue weighted by Gasteiger charge is 2.13. The summed E-state index contributed by atoms with van der Waals surface area (Å²) in [7, 11) is 1.56. The average molecular weight is 300 g/mol. The molecule has 0 radical (unpaired) electrons. The molecule has 112 valence electrons. The number of halogens is 1. The normalized spacial score (nSPS) is 11.0. The number of ether oxygens (including phenoxy) is 1. The number of benzene rings is 1. The van der Waals surface area contributed by atoms with Crippen LogP contribution in [-0.2, 0) is 11.3 Å². The van der Waals surface area contributed by atoms with Gasteiger partial charge in [0.2, 0.25) is 0 Å². The second-order valence-electron chi connectivity index (χ2n) is 4.65. The summed E-state index contributed by atoms with van der Waals surface area (Å²) in [6.07, 6.45) is 2.91. The maximum absolute atomic E-state index is 13.1. The van der Waals surface area contributed by atoms with E-state index >= 15 is 0 Å². The van der Waals surface area contributed by atoms with Gasteiger partial charge in [-0.05, 0) is 24.3 Å². The van der Waals surface area contributed by atoms with Gasteiger partial charge >= 0.3 is 0 Å². The van der Waals surface area contributed by atoms with Gasteiger partial charge in [0.15, 0.2) is 5.65 Å². The van der Waals surface area contributed by atoms with Gasteiger partial charge in [-0.1, -0.05) is 0 Å². The molecule has 0 spiro atoms. The predicted molar refractivity (Wildman–Crippen MR) is 78.9 cm³/mol. The fourth-order valence-electron chi connectivity index (χ4n) is 2.18. The number of fused-ring (bicyclic) bond motifs is 1. The first-order valence-electron chi connectivity index (χ1n) is 6.66. The van der Waals surface area contributed by atoms with Crippen molar-refractivity contribution < 1.29 is 9.13 Å². The van der Waals surface area contributed by atoms with Crippen LogP contribution in [0.25, 0.3) is 22.4 Å². The molecule has 0 aliphatic rings. The van der Waals surface area contributed by atoms with Gasteiger partial charge in [0, 0.05) is 12.7 Å². The topological polar surface area (TPSA) is 69.9 Å². The molecule has 0 saturated carbocycles. The van der Waals surface area contributed by atoms with Crippen molar-refractivity contribution >= 4 is 11.2 Å². The second-order valence-corrected chi connectivity index (χ2v) is 4.65. The van der Waals surface area contributed by atoms with Gasteiger partial charge in [0.1, 0.15) is 23.4 Å². The Morgan fingerprint density at radius 2 is 2.05 bits per heavy atom. The molecule has 0 saturated heterocycles. The lowest BCUT2D eigenvalue weighted by Crippen LogP contribution is -2.26. The largest absolute Gasteiger partial charge is 0.383 e. The number of nitrogens with zero attached hydrogens (tertiary/aromatic N) is 4. The van der Waals surface area contributed by atoms with Crippen molar-refractivity contribution in [2.75, 3.05) is 13.7 Å². The van der Waals surface area contributed by atoms with Gasteiger partial charge in [-0.15, -0.1) is 0 Å². The summed E-state index contributed by atoms with van der Waals surface area (Å²) in [5, 5.41) is 0. The van der Waals surface area contributed by atoms with E-state index in [0.717, 1.165) is 0 Å². The SMILES string of the molecule is COCCn1c(=O)c(-c2ccc(F)cc2)nc2cncnc21. The number of rotatable bonds is 4. The van der Waals surface area contributed by atoms with Crippen LogP contribution in [0, 0.1) is 5.82 Å². The van der Waals surface area contributed by atoms with E-state index in [-0.39, 0.29) is 17.1 Å². The Morgan fingerprint density at radius 3 is 2.77 bits per heavy atom. The molecule has 0 bridgehead atoms. The number of hydrogen-bond acceptors (Lipinski definition) is 5. The maximum Gasteiger partial charge on any atom is 0.278 e. The third-order valence-electron chi connectivity index (χ3n) is 3.24. The Balaban J connectivity index is 2.24. The van der Waals surface area contributed by atoms with Crippen molar-refractivity contribution in [1.29, 1.82) is 0 Å². The standard InChI is InChI=1S/C15H13FN4O2/c1-22-7-6-20-14-12(8-17-9-18-14)19-13(15(20)21)10-2-4-11(16)5-3-10/h2-5,8-9H,6-7H2,1H3. The van der Waals surface area contributed by atoms with E-state index < -0.39 is 0 Å². The highest BCUT2D eigenvalue weighted by atomic mass is 19.1. The summed E-state index contributed by atoms with van der Waals surface area (Å²) in [4.78, 5) is 25.0. The van der Waals surface area contributed by atoms with Crippen LogP contribution < -0.4 is 5.56 Å². The van der Waals surface area contributed by atoms with Crippen molar-refractivity contribution in [3.63, 3.8) is 0 Å². The molecule has 0 amide bonds. The zero-order chi connectivity index (χ0) is 15.5. The van der Waals surface area contributed by atoms with E-state index in [2.05, 4.69) is 15.0 Å². The van der Waals surface area contributed by atoms with Crippen LogP contribution >= 0.6 is 0 Å². The van der Waals surface area contributed by atoms with E-state index in [9.17, 15) is 9.18 Å². The molecule has 0 fully saturated rings. The van der Waals surface area contributed by atoms with Crippen molar-refractivity contribution in [3.05, 3.63) is 53.0 Å². The van der Waals surface area contributed by atoms with Crippen molar-refractivity contribution in [2.24, 2.45) is 0 Å². The molecule has 0 atom stereocenters. The van der Waals surface area contributed by atoms with E-state index in [1.165, 1.54) is 41.4 Å². The second kappa shape index (κ2) is 5.98. The number of hydrogen-bond donors (Lipinski definition) is 0. The monoisotopic (exact) mass is 300 g/mol. The van der Waals surface area contributed by atoms with Crippen molar-refractivity contribution in [1.82, 2.24) is 19.5 Å². The third-order valence-corrected chi connectivity index (χ3v) is 3.24. The highest BCUT2D eigenvalue weighted by molar-refractivity contribution is 5.73. The van der Waals surface area contributed by atoms with Crippen LogP contribution in [0.2, 0.25) is 0 Å². The lowest BCUT2D eigenvalue weighted by Gasteiger charge is -2.10. The first kappa shape index (κ1) is 14.3. The average Bonchev–Trinajstić information content (AvgIpc) is 2.54. The van der Waals surface area contributed by atoms with Crippen LogP contribution in [0.3, 0.4) is 0 Å². The molecule has 6 nitrogen and oxygen atoms in total. The van der Waals surface area contributed by atoms with E-state index in [4.69, 9.17) is 4.74 Å². The quantitative estimate of drug-likeness (QED) is 0.732. The van der Waals surface area contributed by atoms with Crippen LogP contribution in [-0.4, -0.2) is 33.2 Å². The van der Waals surface area contributed by atoms with Gasteiger partial charge < -0.3 is 4.74 Å². The molecule has 7 heteroatoms. The zero-order valence-corrected chi connectivity index (χ0v) is 11.9. The summed E-state index contributed by atoms with van der Waals surface area (Å²) < 4.78 is 19.6. The maximum atomic E-state index is 13.1. The van der Waals surface area contributed by atoms with Crippen LogP contribution in [0.15, 0.2) is 41.6 Å². The molecule has 0 N–H and O–H groups in total. The lowest BCUT2D eigenvalue weighted by molar-refractivity contribution is 0.187. The molecule has 0 unspecified atom stereocenters. The Labute approximate surface area is 125 Å². The molecule has 0 aliphatic heterocycles. The fraction of sp³-hybridized carbons (Fsp3) is 0.200. The Bertz CT molecular complexity index is 862. The summed E-state index contributed by atoms with van der Waals surface area (Å²) >= 11 is 0. The molecule has 2 aromatic heterocycles. The van der Waals surface area contributed by atoms with E-state index in [0.29, 0.717) is 29.9 Å². The molecular formula is C15H13FN4O2. The molecule has 1 aromatic carbocycles. The van der Waals surface area contributed by atoms with Crippen molar-refractivity contribution in [3.8, 4) is 11.3 Å². The first-order valence-corrected chi connectivity index (χ1v) is 6.66. The summed E-state index contributed by atoms with van der Waals surface area (Å²) in [6, 6.07) is 5.63. The number of aromatic nitrogens is 4. The predicted octanol–water partition coefficient (Wildman–Crippen LogP) is 1.64. The zero-order valence-electron chi connectivity index (χ0n) is 11.9. The minimum absolute atomic E-state index is 0.235. The minimum Gasteiger partial charge on any atom is -0.383 e. The molecule has 3 rings (SSSR count). The van der Waals surface area contributed by atoms with Gasteiger partial charge in [-0.2, -0.15) is 0 Å². The van der Waals surface area contributed by atoms with Gasteiger partial charge in [-0.25, -0.2) is 19.3 Å². The summed E-state index contributed by atoms with van der Waals surface area (Å²) in [6.45, 7) is 0.714. The van der Waals surface area contributed by atoms with Gasteiger partial charge in [0.25, 0.3) is 5.56 Å². The number of methoxy groups -OCH3 is 1.